The van der Waals surface area contributed by atoms with E-state index in [1.165, 1.54) is 19.4 Å². The summed E-state index contributed by atoms with van der Waals surface area (Å²) in [6, 6.07) is 10.4. The molecule has 23 heavy (non-hydrogen) atoms. The second kappa shape index (κ2) is 9.14. The summed E-state index contributed by atoms with van der Waals surface area (Å²) < 4.78 is 5.61. The van der Waals surface area contributed by atoms with Crippen LogP contribution in [0.5, 0.6) is 5.75 Å². The van der Waals surface area contributed by atoms with Gasteiger partial charge in [0, 0.05) is 19.1 Å². The van der Waals surface area contributed by atoms with Gasteiger partial charge < -0.3 is 15.0 Å². The lowest BCUT2D eigenvalue weighted by Gasteiger charge is -2.35. The van der Waals surface area contributed by atoms with Crippen LogP contribution in [0.2, 0.25) is 0 Å². The van der Waals surface area contributed by atoms with E-state index >= 15 is 0 Å². The Hall–Kier alpha value is -1.26. The van der Waals surface area contributed by atoms with Crippen LogP contribution in [0.3, 0.4) is 0 Å². The van der Waals surface area contributed by atoms with Gasteiger partial charge in [0.15, 0.2) is 0 Å². The predicted molar refractivity (Wildman–Crippen MR) is 94.1 cm³/mol. The van der Waals surface area contributed by atoms with E-state index in [-0.39, 0.29) is 18.3 Å². The minimum absolute atomic E-state index is 0. The molecule has 0 saturated carbocycles. The average Bonchev–Trinajstić information content (AvgIpc) is 3.10. The van der Waals surface area contributed by atoms with Crippen molar-refractivity contribution in [2.24, 2.45) is 5.92 Å². The molecule has 0 radical (unpaired) electrons. The first kappa shape index (κ1) is 18.1. The van der Waals surface area contributed by atoms with Crippen LogP contribution in [0.15, 0.2) is 30.3 Å². The number of hydrogen-bond acceptors (Lipinski definition) is 3. The molecule has 4 nitrogen and oxygen atoms in total. The Morgan fingerprint density at radius 3 is 2.57 bits per heavy atom. The van der Waals surface area contributed by atoms with Crippen molar-refractivity contribution in [2.45, 2.75) is 38.1 Å². The van der Waals surface area contributed by atoms with Crippen molar-refractivity contribution in [1.29, 1.82) is 0 Å². The number of nitrogens with zero attached hydrogens (tertiary/aromatic N) is 1. The molecule has 1 amide bonds. The minimum Gasteiger partial charge on any atom is -0.493 e. The second-order valence-electron chi connectivity index (χ2n) is 6.33. The summed E-state index contributed by atoms with van der Waals surface area (Å²) in [6.45, 7) is 3.45. The first-order valence-electron chi connectivity index (χ1n) is 8.52. The van der Waals surface area contributed by atoms with Crippen molar-refractivity contribution < 1.29 is 9.53 Å². The van der Waals surface area contributed by atoms with Crippen LogP contribution in [-0.2, 0) is 4.79 Å². The lowest BCUT2D eigenvalue weighted by atomic mass is 9.88. The van der Waals surface area contributed by atoms with Crippen LogP contribution < -0.4 is 10.1 Å². The van der Waals surface area contributed by atoms with E-state index in [1.54, 1.807) is 0 Å². The highest BCUT2D eigenvalue weighted by molar-refractivity contribution is 5.85. The molecule has 1 aromatic rings. The Balaban J connectivity index is 0.00000192. The lowest BCUT2D eigenvalue weighted by Crippen LogP contribution is -2.43. The molecular formula is C18H27ClN2O2. The molecule has 2 heterocycles. The van der Waals surface area contributed by atoms with Gasteiger partial charge in [-0.05, 0) is 50.3 Å². The van der Waals surface area contributed by atoms with Crippen molar-refractivity contribution in [2.75, 3.05) is 26.2 Å². The normalized spacial score (nSPS) is 21.7. The van der Waals surface area contributed by atoms with Crippen LogP contribution in [0.4, 0.5) is 0 Å². The van der Waals surface area contributed by atoms with Crippen molar-refractivity contribution in [1.82, 2.24) is 10.2 Å². The molecule has 1 aromatic carbocycles. The largest absolute Gasteiger partial charge is 0.493 e. The highest BCUT2D eigenvalue weighted by atomic mass is 35.5. The number of para-hydroxylation sites is 1. The van der Waals surface area contributed by atoms with E-state index in [0.717, 1.165) is 37.6 Å². The summed E-state index contributed by atoms with van der Waals surface area (Å²) in [7, 11) is 0. The summed E-state index contributed by atoms with van der Waals surface area (Å²) in [5, 5.41) is 3.60. The highest BCUT2D eigenvalue weighted by Crippen LogP contribution is 2.25. The molecular weight excluding hydrogens is 312 g/mol. The molecule has 2 aliphatic rings. The molecule has 1 N–H and O–H groups in total. The fourth-order valence-corrected chi connectivity index (χ4v) is 3.60. The molecule has 5 heteroatoms. The van der Waals surface area contributed by atoms with Gasteiger partial charge in [0.05, 0.1) is 13.0 Å². The minimum atomic E-state index is 0. The van der Waals surface area contributed by atoms with E-state index in [2.05, 4.69) is 5.32 Å². The molecule has 1 atom stereocenters. The first-order chi connectivity index (χ1) is 10.8. The number of hydrogen-bond donors (Lipinski definition) is 1. The Morgan fingerprint density at radius 2 is 1.91 bits per heavy atom. The van der Waals surface area contributed by atoms with Gasteiger partial charge in [-0.15, -0.1) is 12.4 Å². The van der Waals surface area contributed by atoms with Crippen LogP contribution >= 0.6 is 12.4 Å². The first-order valence-corrected chi connectivity index (χ1v) is 8.52. The fraction of sp³-hybridized carbons (Fsp3) is 0.611. The Bertz CT molecular complexity index is 469. The Kier molecular flexibility index (Phi) is 7.18. The quantitative estimate of drug-likeness (QED) is 0.897. The number of likely N-dealkylation sites (tertiary alicyclic amines) is 1. The van der Waals surface area contributed by atoms with E-state index < -0.39 is 0 Å². The van der Waals surface area contributed by atoms with Gasteiger partial charge in [0.2, 0.25) is 5.91 Å². The zero-order valence-electron chi connectivity index (χ0n) is 13.6. The van der Waals surface area contributed by atoms with Crippen LogP contribution in [-0.4, -0.2) is 43.1 Å². The number of carbonyl (C=O) groups excluding carboxylic acids is 1. The smallest absolute Gasteiger partial charge is 0.225 e. The summed E-state index contributed by atoms with van der Waals surface area (Å²) >= 11 is 0. The van der Waals surface area contributed by atoms with E-state index in [9.17, 15) is 4.79 Å². The lowest BCUT2D eigenvalue weighted by molar-refractivity contribution is -0.133. The molecule has 2 aliphatic heterocycles. The molecule has 0 bridgehead atoms. The average molecular weight is 339 g/mol. The molecule has 0 aromatic heterocycles. The number of halogens is 1. The summed E-state index contributed by atoms with van der Waals surface area (Å²) in [5.41, 5.74) is 0. The number of piperidine rings is 1. The van der Waals surface area contributed by atoms with Crippen LogP contribution in [0.25, 0.3) is 0 Å². The third-order valence-corrected chi connectivity index (χ3v) is 4.89. The van der Waals surface area contributed by atoms with E-state index in [1.807, 2.05) is 35.2 Å². The third-order valence-electron chi connectivity index (χ3n) is 4.89. The molecule has 3 rings (SSSR count). The summed E-state index contributed by atoms with van der Waals surface area (Å²) in [5.74, 6) is 1.82. The predicted octanol–water partition coefficient (Wildman–Crippen LogP) is 2.87. The van der Waals surface area contributed by atoms with Crippen molar-refractivity contribution in [3.8, 4) is 5.75 Å². The van der Waals surface area contributed by atoms with E-state index in [0.29, 0.717) is 19.1 Å². The SMILES string of the molecule is Cl.O=C(CCOc1ccccc1)N1CCC(C2CCCN2)CC1. The number of amides is 1. The van der Waals surface area contributed by atoms with Crippen molar-refractivity contribution in [3.05, 3.63) is 30.3 Å². The molecule has 1 unspecified atom stereocenters. The third kappa shape index (κ3) is 5.11. The zero-order chi connectivity index (χ0) is 15.2. The summed E-state index contributed by atoms with van der Waals surface area (Å²) in [4.78, 5) is 14.3. The number of ether oxygens (including phenoxy) is 1. The number of carbonyl (C=O) groups is 1. The molecule has 2 fully saturated rings. The van der Waals surface area contributed by atoms with E-state index in [4.69, 9.17) is 4.74 Å². The topological polar surface area (TPSA) is 41.6 Å². The Morgan fingerprint density at radius 1 is 1.17 bits per heavy atom. The van der Waals surface area contributed by atoms with Gasteiger partial charge in [-0.3, -0.25) is 4.79 Å². The van der Waals surface area contributed by atoms with Crippen LogP contribution in [0, 0.1) is 5.92 Å². The van der Waals surface area contributed by atoms with Crippen LogP contribution in [0.1, 0.15) is 32.1 Å². The molecule has 0 aliphatic carbocycles. The van der Waals surface area contributed by atoms with Gasteiger partial charge in [-0.2, -0.15) is 0 Å². The zero-order valence-corrected chi connectivity index (χ0v) is 14.4. The molecule has 2 saturated heterocycles. The van der Waals surface area contributed by atoms with Gasteiger partial charge in [-0.25, -0.2) is 0 Å². The maximum atomic E-state index is 12.2. The number of benzene rings is 1. The Labute approximate surface area is 145 Å². The van der Waals surface area contributed by atoms with Gasteiger partial charge in [-0.1, -0.05) is 18.2 Å². The molecule has 0 spiro atoms. The monoisotopic (exact) mass is 338 g/mol. The van der Waals surface area contributed by atoms with Gasteiger partial charge in [0.25, 0.3) is 0 Å². The standard InChI is InChI=1S/C18H26N2O2.ClH/c21-18(10-14-22-16-5-2-1-3-6-16)20-12-8-15(9-13-20)17-7-4-11-19-17;/h1-3,5-6,15,17,19H,4,7-14H2;1H. The maximum absolute atomic E-state index is 12.2. The number of rotatable bonds is 5. The number of nitrogens with one attached hydrogen (secondary N) is 1. The molecule has 128 valence electrons. The van der Waals surface area contributed by atoms with Crippen molar-refractivity contribution >= 4 is 18.3 Å². The summed E-state index contributed by atoms with van der Waals surface area (Å²) in [6.07, 6.45) is 5.37. The fourth-order valence-electron chi connectivity index (χ4n) is 3.60. The second-order valence-corrected chi connectivity index (χ2v) is 6.33. The maximum Gasteiger partial charge on any atom is 0.225 e. The van der Waals surface area contributed by atoms with Crippen molar-refractivity contribution in [3.63, 3.8) is 0 Å². The highest BCUT2D eigenvalue weighted by Gasteiger charge is 2.29. The van der Waals surface area contributed by atoms with Gasteiger partial charge in [0.1, 0.15) is 5.75 Å². The van der Waals surface area contributed by atoms with Gasteiger partial charge >= 0.3 is 0 Å².